The number of methoxy groups -OCH3 is 1. The van der Waals surface area contributed by atoms with Gasteiger partial charge in [-0.15, -0.1) is 0 Å². The van der Waals surface area contributed by atoms with E-state index in [1.807, 2.05) is 6.92 Å². The normalized spacial score (nSPS) is 32.3. The van der Waals surface area contributed by atoms with Crippen LogP contribution in [0.4, 0.5) is 0 Å². The molecule has 1 aliphatic heterocycles. The highest BCUT2D eigenvalue weighted by molar-refractivity contribution is 5.78. The maximum atomic E-state index is 11.4. The molecule has 0 unspecified atom stereocenters. The van der Waals surface area contributed by atoms with Gasteiger partial charge in [-0.25, -0.2) is 4.79 Å². The summed E-state index contributed by atoms with van der Waals surface area (Å²) < 4.78 is 10.4. The molecule has 0 saturated heterocycles. The molecule has 14 heavy (non-hydrogen) atoms. The first-order valence-corrected chi connectivity index (χ1v) is 5.01. The Morgan fingerprint density at radius 1 is 1.64 bits per heavy atom. The van der Waals surface area contributed by atoms with Crippen molar-refractivity contribution in [2.45, 2.75) is 39.4 Å². The number of ether oxygens (including phenoxy) is 2. The molecular weight excluding hydrogens is 180 g/mol. The van der Waals surface area contributed by atoms with Crippen LogP contribution in [-0.2, 0) is 14.3 Å². The molecule has 0 N–H and O–H groups in total. The number of carbonyl (C=O) groups is 1. The smallest absolute Gasteiger partial charge is 0.339 e. The number of esters is 1. The zero-order valence-corrected chi connectivity index (χ0v) is 9.24. The van der Waals surface area contributed by atoms with Crippen LogP contribution in [0.25, 0.3) is 0 Å². The zero-order chi connectivity index (χ0) is 10.7. The summed E-state index contributed by atoms with van der Waals surface area (Å²) in [6.45, 7) is 6.07. The fraction of sp³-hybridized carbons (Fsp3) is 0.727. The van der Waals surface area contributed by atoms with Gasteiger partial charge < -0.3 is 9.47 Å². The van der Waals surface area contributed by atoms with E-state index in [0.29, 0.717) is 5.92 Å². The average Bonchev–Trinajstić information content (AvgIpc) is 2.17. The van der Waals surface area contributed by atoms with Crippen LogP contribution in [0.1, 0.15) is 27.2 Å². The van der Waals surface area contributed by atoms with Crippen molar-refractivity contribution in [3.63, 3.8) is 0 Å². The van der Waals surface area contributed by atoms with E-state index in [4.69, 9.17) is 4.74 Å². The molecule has 0 aromatic rings. The molecule has 0 bridgehead atoms. The minimum Gasteiger partial charge on any atom is -0.467 e. The van der Waals surface area contributed by atoms with Gasteiger partial charge in [-0.05, 0) is 18.9 Å². The second kappa shape index (κ2) is 4.60. The van der Waals surface area contributed by atoms with Gasteiger partial charge in [0.05, 0.1) is 13.2 Å². The maximum absolute atomic E-state index is 11.4. The Labute approximate surface area is 85.1 Å². The highest BCUT2D eigenvalue weighted by Gasteiger charge is 2.31. The van der Waals surface area contributed by atoms with Crippen molar-refractivity contribution in [1.29, 1.82) is 0 Å². The summed E-state index contributed by atoms with van der Waals surface area (Å²) in [4.78, 5) is 11.4. The van der Waals surface area contributed by atoms with Gasteiger partial charge in [0.25, 0.3) is 0 Å². The van der Waals surface area contributed by atoms with Crippen molar-refractivity contribution in [2.75, 3.05) is 7.11 Å². The maximum Gasteiger partial charge on any atom is 0.339 e. The lowest BCUT2D eigenvalue weighted by atomic mass is 9.94. The van der Waals surface area contributed by atoms with E-state index >= 15 is 0 Å². The summed E-state index contributed by atoms with van der Waals surface area (Å²) in [5.41, 5.74) is 0.953. The van der Waals surface area contributed by atoms with Crippen LogP contribution in [0.2, 0.25) is 0 Å². The molecule has 1 rings (SSSR count). The Bertz CT molecular complexity index is 245. The van der Waals surface area contributed by atoms with Gasteiger partial charge in [-0.2, -0.15) is 0 Å². The molecule has 0 aromatic carbocycles. The SMILES string of the molecule is CC[C@H]1O[C@@H](C(=O)OC)C(C)=C[C@@H]1C. The summed E-state index contributed by atoms with van der Waals surface area (Å²) in [6, 6.07) is 0. The van der Waals surface area contributed by atoms with Crippen LogP contribution in [0, 0.1) is 5.92 Å². The van der Waals surface area contributed by atoms with Crippen LogP contribution >= 0.6 is 0 Å². The Hall–Kier alpha value is -0.830. The standard InChI is InChI=1S/C11H18O3/c1-5-9-7(2)6-8(3)10(14-9)11(12)13-4/h6-7,9-10H,5H2,1-4H3/t7-,9+,10+/m0/s1. The Kier molecular flexibility index (Phi) is 3.69. The van der Waals surface area contributed by atoms with Gasteiger partial charge in [-0.3, -0.25) is 0 Å². The highest BCUT2D eigenvalue weighted by atomic mass is 16.6. The van der Waals surface area contributed by atoms with Crippen molar-refractivity contribution >= 4 is 5.97 Å². The van der Waals surface area contributed by atoms with E-state index in [9.17, 15) is 4.79 Å². The van der Waals surface area contributed by atoms with Crippen molar-refractivity contribution in [3.8, 4) is 0 Å². The largest absolute Gasteiger partial charge is 0.467 e. The first kappa shape index (κ1) is 11.2. The molecule has 0 fully saturated rings. The molecule has 0 saturated carbocycles. The predicted molar refractivity (Wildman–Crippen MR) is 53.9 cm³/mol. The van der Waals surface area contributed by atoms with Gasteiger partial charge >= 0.3 is 5.97 Å². The van der Waals surface area contributed by atoms with Gasteiger partial charge in [-0.1, -0.05) is 19.9 Å². The Morgan fingerprint density at radius 3 is 2.79 bits per heavy atom. The van der Waals surface area contributed by atoms with Crippen LogP contribution in [-0.4, -0.2) is 25.3 Å². The first-order chi connectivity index (χ1) is 6.60. The molecule has 0 aliphatic carbocycles. The monoisotopic (exact) mass is 198 g/mol. The molecule has 80 valence electrons. The minimum absolute atomic E-state index is 0.128. The number of hydrogen-bond acceptors (Lipinski definition) is 3. The lowest BCUT2D eigenvalue weighted by Crippen LogP contribution is -2.37. The third kappa shape index (κ3) is 2.15. The third-order valence-electron chi connectivity index (χ3n) is 2.65. The highest BCUT2D eigenvalue weighted by Crippen LogP contribution is 2.26. The molecule has 0 spiro atoms. The van der Waals surface area contributed by atoms with Crippen LogP contribution in [0.15, 0.2) is 11.6 Å². The minimum atomic E-state index is -0.499. The third-order valence-corrected chi connectivity index (χ3v) is 2.65. The summed E-state index contributed by atoms with van der Waals surface area (Å²) in [7, 11) is 1.39. The Balaban J connectivity index is 2.79. The van der Waals surface area contributed by atoms with Crippen LogP contribution < -0.4 is 0 Å². The van der Waals surface area contributed by atoms with Crippen molar-refractivity contribution in [2.24, 2.45) is 5.92 Å². The molecule has 1 heterocycles. The van der Waals surface area contributed by atoms with Gasteiger partial charge in [0, 0.05) is 5.92 Å². The quantitative estimate of drug-likeness (QED) is 0.502. The van der Waals surface area contributed by atoms with Crippen molar-refractivity contribution in [1.82, 2.24) is 0 Å². The van der Waals surface area contributed by atoms with Crippen molar-refractivity contribution < 1.29 is 14.3 Å². The van der Waals surface area contributed by atoms with Gasteiger partial charge in [0.2, 0.25) is 0 Å². The molecular formula is C11H18O3. The van der Waals surface area contributed by atoms with E-state index in [0.717, 1.165) is 12.0 Å². The number of rotatable bonds is 2. The first-order valence-electron chi connectivity index (χ1n) is 5.01. The van der Waals surface area contributed by atoms with E-state index in [1.54, 1.807) is 0 Å². The molecule has 1 aliphatic rings. The molecule has 0 amide bonds. The number of carbonyl (C=O) groups excluding carboxylic acids is 1. The fourth-order valence-electron chi connectivity index (χ4n) is 1.83. The van der Waals surface area contributed by atoms with Gasteiger partial charge in [0.15, 0.2) is 6.10 Å². The zero-order valence-electron chi connectivity index (χ0n) is 9.24. The average molecular weight is 198 g/mol. The van der Waals surface area contributed by atoms with Crippen LogP contribution in [0.3, 0.4) is 0 Å². The Morgan fingerprint density at radius 2 is 2.29 bits per heavy atom. The lowest BCUT2D eigenvalue weighted by Gasteiger charge is -2.31. The van der Waals surface area contributed by atoms with E-state index in [-0.39, 0.29) is 12.1 Å². The molecule has 3 atom stereocenters. The van der Waals surface area contributed by atoms with E-state index in [2.05, 4.69) is 24.7 Å². The molecule has 0 radical (unpaired) electrons. The van der Waals surface area contributed by atoms with Crippen LogP contribution in [0.5, 0.6) is 0 Å². The summed E-state index contributed by atoms with van der Waals surface area (Å²) in [5.74, 6) is 0.0741. The lowest BCUT2D eigenvalue weighted by molar-refractivity contribution is -0.157. The molecule has 3 nitrogen and oxygen atoms in total. The molecule has 3 heteroatoms. The fourth-order valence-corrected chi connectivity index (χ4v) is 1.83. The topological polar surface area (TPSA) is 35.5 Å². The summed E-state index contributed by atoms with van der Waals surface area (Å²) >= 11 is 0. The van der Waals surface area contributed by atoms with E-state index in [1.165, 1.54) is 7.11 Å². The van der Waals surface area contributed by atoms with E-state index < -0.39 is 6.10 Å². The van der Waals surface area contributed by atoms with Gasteiger partial charge in [0.1, 0.15) is 0 Å². The second-order valence-electron chi connectivity index (χ2n) is 3.76. The predicted octanol–water partition coefficient (Wildman–Crippen LogP) is 1.92. The number of hydrogen-bond donors (Lipinski definition) is 0. The second-order valence-corrected chi connectivity index (χ2v) is 3.76. The molecule has 0 aromatic heterocycles. The summed E-state index contributed by atoms with van der Waals surface area (Å²) in [5, 5.41) is 0. The van der Waals surface area contributed by atoms with Crippen molar-refractivity contribution in [3.05, 3.63) is 11.6 Å². The summed E-state index contributed by atoms with van der Waals surface area (Å²) in [6.07, 6.45) is 2.64.